The molecule has 1 radical (unpaired) electrons. The van der Waals surface area contributed by atoms with Gasteiger partial charge in [-0.3, -0.25) is 9.59 Å². The van der Waals surface area contributed by atoms with E-state index in [2.05, 4.69) is 10.2 Å². The standard InChI is InChI=1S/2C17H14N2O2.Co/c2*1-12-15(16(20)13-8-4-2-5-9-13)17(21)19(18-12)14-10-6-3-7-11-14;/h2*2-11,21H,1H3;/q;;+2/p-2. The maximum atomic E-state index is 12.5. The molecule has 2 aromatic heterocycles. The molecule has 0 saturated carbocycles. The first kappa shape index (κ1) is 30.7. The number of aryl methyl sites for hydroxylation is 2. The van der Waals surface area contributed by atoms with E-state index < -0.39 is 0 Å². The predicted octanol–water partition coefficient (Wildman–Crippen LogP) is 4.97. The summed E-state index contributed by atoms with van der Waals surface area (Å²) in [6.45, 7) is 3.36. The van der Waals surface area contributed by atoms with Gasteiger partial charge in [0.2, 0.25) is 0 Å². The number of rotatable bonds is 6. The fourth-order valence-corrected chi connectivity index (χ4v) is 4.49. The molecule has 0 saturated heterocycles. The molecule has 215 valence electrons. The van der Waals surface area contributed by atoms with Crippen LogP contribution in [-0.4, -0.2) is 31.1 Å². The average molecular weight is 614 g/mol. The van der Waals surface area contributed by atoms with Gasteiger partial charge < -0.3 is 10.2 Å². The molecule has 9 heteroatoms. The third-order valence-electron chi connectivity index (χ3n) is 6.56. The van der Waals surface area contributed by atoms with Crippen LogP contribution >= 0.6 is 0 Å². The van der Waals surface area contributed by atoms with Gasteiger partial charge in [0.05, 0.1) is 33.9 Å². The summed E-state index contributed by atoms with van der Waals surface area (Å²) in [7, 11) is 0. The van der Waals surface area contributed by atoms with Gasteiger partial charge in [0.1, 0.15) is 0 Å². The number of ketones is 2. The number of aromatic nitrogens is 4. The zero-order valence-corrected chi connectivity index (χ0v) is 24.3. The quantitative estimate of drug-likeness (QED) is 0.245. The summed E-state index contributed by atoms with van der Waals surface area (Å²) in [5.74, 6) is -1.35. The molecule has 0 amide bonds. The summed E-state index contributed by atoms with van der Waals surface area (Å²) in [4.78, 5) is 25.0. The van der Waals surface area contributed by atoms with Crippen LogP contribution in [0.3, 0.4) is 0 Å². The number of carbonyl (C=O) groups excluding carboxylic acids is 2. The van der Waals surface area contributed by atoms with Crippen LogP contribution in [-0.2, 0) is 16.8 Å². The molecule has 0 bridgehead atoms. The van der Waals surface area contributed by atoms with Crippen LogP contribution in [0.2, 0.25) is 0 Å². The Morgan fingerprint density at radius 1 is 0.512 bits per heavy atom. The molecule has 0 aliphatic rings. The molecular formula is C34H26CoN4O4. The molecule has 6 aromatic rings. The van der Waals surface area contributed by atoms with Crippen LogP contribution in [0.4, 0.5) is 0 Å². The number of hydrogen-bond acceptors (Lipinski definition) is 6. The van der Waals surface area contributed by atoms with E-state index in [-0.39, 0.29) is 51.2 Å². The fourth-order valence-electron chi connectivity index (χ4n) is 4.49. The van der Waals surface area contributed by atoms with E-state index in [0.29, 0.717) is 33.9 Å². The van der Waals surface area contributed by atoms with E-state index in [1.165, 1.54) is 9.36 Å². The molecule has 0 fully saturated rings. The maximum Gasteiger partial charge on any atom is 2.00 e. The van der Waals surface area contributed by atoms with Crippen molar-refractivity contribution in [1.82, 2.24) is 19.6 Å². The van der Waals surface area contributed by atoms with E-state index in [9.17, 15) is 19.8 Å². The number of benzene rings is 4. The van der Waals surface area contributed by atoms with Crippen molar-refractivity contribution in [3.05, 3.63) is 155 Å². The van der Waals surface area contributed by atoms with Crippen molar-refractivity contribution in [1.29, 1.82) is 0 Å². The predicted molar refractivity (Wildman–Crippen MR) is 155 cm³/mol. The van der Waals surface area contributed by atoms with Gasteiger partial charge in [0.25, 0.3) is 0 Å². The van der Waals surface area contributed by atoms with E-state index >= 15 is 0 Å². The van der Waals surface area contributed by atoms with E-state index in [1.54, 1.807) is 86.6 Å². The van der Waals surface area contributed by atoms with Crippen molar-refractivity contribution >= 4 is 11.6 Å². The monoisotopic (exact) mass is 613 g/mol. The minimum atomic E-state index is -0.382. The van der Waals surface area contributed by atoms with Crippen molar-refractivity contribution in [2.24, 2.45) is 0 Å². The Labute approximate surface area is 259 Å². The van der Waals surface area contributed by atoms with Gasteiger partial charge in [-0.05, 0) is 38.1 Å². The normalized spacial score (nSPS) is 10.3. The second kappa shape index (κ2) is 13.6. The molecule has 0 N–H and O–H groups in total. The molecule has 2 heterocycles. The Balaban J connectivity index is 0.000000192. The van der Waals surface area contributed by atoms with E-state index in [4.69, 9.17) is 0 Å². The van der Waals surface area contributed by atoms with Crippen molar-refractivity contribution < 1.29 is 36.6 Å². The Morgan fingerprint density at radius 2 is 0.791 bits per heavy atom. The number of hydrogen-bond donors (Lipinski definition) is 0. The summed E-state index contributed by atoms with van der Waals surface area (Å²) in [6.07, 6.45) is 0. The Kier molecular flexibility index (Phi) is 9.71. The van der Waals surface area contributed by atoms with Crippen LogP contribution in [0.15, 0.2) is 121 Å². The number of carbonyl (C=O) groups is 2. The van der Waals surface area contributed by atoms with E-state index in [0.717, 1.165) is 0 Å². The summed E-state index contributed by atoms with van der Waals surface area (Å²) in [5, 5.41) is 33.4. The SMILES string of the molecule is Cc1nn(-c2ccccc2)c([O-])c1C(=O)c1ccccc1.Cc1nn(-c2ccccc2)c([O-])c1C(=O)c1ccccc1.[Co+2]. The van der Waals surface area contributed by atoms with Crippen molar-refractivity contribution in [3.63, 3.8) is 0 Å². The smallest absolute Gasteiger partial charge is 0.858 e. The molecule has 43 heavy (non-hydrogen) atoms. The maximum absolute atomic E-state index is 12.5. The molecule has 8 nitrogen and oxygen atoms in total. The van der Waals surface area contributed by atoms with Crippen LogP contribution in [0.1, 0.15) is 43.2 Å². The first-order valence-electron chi connectivity index (χ1n) is 13.2. The average Bonchev–Trinajstić information content (AvgIpc) is 3.51. The molecule has 0 aliphatic heterocycles. The second-order valence-electron chi connectivity index (χ2n) is 9.42. The number of nitrogens with zero attached hydrogens (tertiary/aromatic N) is 4. The molecule has 6 rings (SSSR count). The Morgan fingerprint density at radius 3 is 1.09 bits per heavy atom. The van der Waals surface area contributed by atoms with Gasteiger partial charge in [-0.15, -0.1) is 0 Å². The van der Waals surface area contributed by atoms with Crippen molar-refractivity contribution in [2.45, 2.75) is 13.8 Å². The van der Waals surface area contributed by atoms with E-state index in [1.807, 2.05) is 48.5 Å². The van der Waals surface area contributed by atoms with Gasteiger partial charge in [0, 0.05) is 22.9 Å². The summed E-state index contributed by atoms with van der Waals surface area (Å²) >= 11 is 0. The molecule has 0 atom stereocenters. The second-order valence-corrected chi connectivity index (χ2v) is 9.42. The van der Waals surface area contributed by atoms with Crippen molar-refractivity contribution in [2.75, 3.05) is 0 Å². The van der Waals surface area contributed by atoms with Gasteiger partial charge in [-0.1, -0.05) is 97.1 Å². The first-order chi connectivity index (χ1) is 20.4. The van der Waals surface area contributed by atoms with Gasteiger partial charge in [-0.2, -0.15) is 10.2 Å². The Bertz CT molecular complexity index is 1700. The topological polar surface area (TPSA) is 116 Å². The Hall–Kier alpha value is -5.25. The molecular weight excluding hydrogens is 587 g/mol. The zero-order valence-electron chi connectivity index (χ0n) is 23.3. The van der Waals surface area contributed by atoms with Crippen LogP contribution in [0.25, 0.3) is 11.4 Å². The van der Waals surface area contributed by atoms with Crippen LogP contribution in [0.5, 0.6) is 11.8 Å². The minimum Gasteiger partial charge on any atom is -0.858 e. The fraction of sp³-hybridized carbons (Fsp3) is 0.0588. The third kappa shape index (κ3) is 6.48. The van der Waals surface area contributed by atoms with Crippen LogP contribution < -0.4 is 10.2 Å². The summed E-state index contributed by atoms with van der Waals surface area (Å²) in [5.41, 5.74) is 3.43. The summed E-state index contributed by atoms with van der Waals surface area (Å²) in [6, 6.07) is 35.7. The third-order valence-corrected chi connectivity index (χ3v) is 6.56. The zero-order chi connectivity index (χ0) is 29.6. The largest absolute Gasteiger partial charge is 2.00 e. The molecule has 0 aliphatic carbocycles. The molecule has 0 unspecified atom stereocenters. The molecule has 4 aromatic carbocycles. The minimum absolute atomic E-state index is 0. The van der Waals surface area contributed by atoms with Gasteiger partial charge >= 0.3 is 16.8 Å². The van der Waals surface area contributed by atoms with Gasteiger partial charge in [0.15, 0.2) is 11.6 Å². The summed E-state index contributed by atoms with van der Waals surface area (Å²) < 4.78 is 2.54. The molecule has 0 spiro atoms. The number of para-hydroxylation sites is 2. The van der Waals surface area contributed by atoms with Crippen molar-refractivity contribution in [3.8, 4) is 23.1 Å². The van der Waals surface area contributed by atoms with Crippen LogP contribution in [0, 0.1) is 13.8 Å². The first-order valence-corrected chi connectivity index (χ1v) is 13.2. The van der Waals surface area contributed by atoms with Gasteiger partial charge in [-0.25, -0.2) is 9.36 Å².